The molecule has 8 heteroatoms. The van der Waals surface area contributed by atoms with Gasteiger partial charge in [0, 0.05) is 17.2 Å². The Labute approximate surface area is 184 Å². The second-order valence-electron chi connectivity index (χ2n) is 6.81. The van der Waals surface area contributed by atoms with Gasteiger partial charge in [0.15, 0.2) is 11.5 Å². The van der Waals surface area contributed by atoms with Gasteiger partial charge in [-0.1, -0.05) is 5.16 Å². The normalized spacial score (nSPS) is 10.6. The fraction of sp³-hybridized carbons (Fsp3) is 0.167. The number of methoxy groups -OCH3 is 3. The molecular formula is C24H21FN2O5. The minimum absolute atomic E-state index is 0.292. The third kappa shape index (κ3) is 4.64. The lowest BCUT2D eigenvalue weighted by atomic mass is 10.2. The van der Waals surface area contributed by atoms with Crippen LogP contribution in [-0.2, 0) is 6.61 Å². The van der Waals surface area contributed by atoms with Crippen molar-refractivity contribution in [2.24, 2.45) is 0 Å². The summed E-state index contributed by atoms with van der Waals surface area (Å²) in [5.74, 6) is 2.78. The summed E-state index contributed by atoms with van der Waals surface area (Å²) < 4.78 is 40.5. The third-order valence-electron chi connectivity index (χ3n) is 4.74. The Morgan fingerprint density at radius 2 is 1.47 bits per heavy atom. The second kappa shape index (κ2) is 9.38. The molecule has 0 saturated carbocycles. The quantitative estimate of drug-likeness (QED) is 0.378. The van der Waals surface area contributed by atoms with E-state index in [-0.39, 0.29) is 5.82 Å². The first-order valence-corrected chi connectivity index (χ1v) is 9.72. The number of rotatable bonds is 8. The number of hydrogen-bond acceptors (Lipinski definition) is 7. The Kier molecular flexibility index (Phi) is 6.21. The smallest absolute Gasteiger partial charge is 0.258 e. The summed E-state index contributed by atoms with van der Waals surface area (Å²) in [6, 6.07) is 16.7. The highest BCUT2D eigenvalue weighted by Crippen LogP contribution is 2.33. The van der Waals surface area contributed by atoms with Crippen LogP contribution in [0.4, 0.5) is 4.39 Å². The topological polar surface area (TPSA) is 75.8 Å². The molecule has 0 N–H and O–H groups in total. The zero-order chi connectivity index (χ0) is 22.5. The van der Waals surface area contributed by atoms with Crippen molar-refractivity contribution < 1.29 is 27.9 Å². The molecule has 0 aliphatic carbocycles. The van der Waals surface area contributed by atoms with Crippen molar-refractivity contribution in [1.82, 2.24) is 10.1 Å². The zero-order valence-corrected chi connectivity index (χ0v) is 17.8. The maximum atomic E-state index is 13.1. The average Bonchev–Trinajstić information content (AvgIpc) is 3.33. The summed E-state index contributed by atoms with van der Waals surface area (Å²) in [4.78, 5) is 4.39. The second-order valence-corrected chi connectivity index (χ2v) is 6.81. The highest BCUT2D eigenvalue weighted by molar-refractivity contribution is 5.63. The molecule has 32 heavy (non-hydrogen) atoms. The van der Waals surface area contributed by atoms with Crippen LogP contribution < -0.4 is 18.9 Å². The molecule has 0 bridgehead atoms. The van der Waals surface area contributed by atoms with Gasteiger partial charge in [-0.2, -0.15) is 4.98 Å². The number of ether oxygens (including phenoxy) is 4. The summed E-state index contributed by atoms with van der Waals surface area (Å²) in [6.07, 6.45) is 0. The van der Waals surface area contributed by atoms with Crippen molar-refractivity contribution >= 4 is 0 Å². The molecule has 164 valence electrons. The SMILES string of the molecule is COc1cc(COc2ccc(-c3noc(-c4ccc(F)cc4)n3)cc2OC)cc(OC)c1. The van der Waals surface area contributed by atoms with Crippen molar-refractivity contribution in [3.8, 4) is 45.8 Å². The molecule has 1 heterocycles. The molecule has 0 amide bonds. The summed E-state index contributed by atoms with van der Waals surface area (Å²) in [7, 11) is 4.75. The van der Waals surface area contributed by atoms with E-state index in [0.717, 1.165) is 5.56 Å². The molecule has 7 nitrogen and oxygen atoms in total. The molecule has 0 aliphatic heterocycles. The molecule has 1 aromatic heterocycles. The third-order valence-corrected chi connectivity index (χ3v) is 4.74. The van der Waals surface area contributed by atoms with Crippen LogP contribution in [0.2, 0.25) is 0 Å². The van der Waals surface area contributed by atoms with Crippen molar-refractivity contribution in [2.45, 2.75) is 6.61 Å². The van der Waals surface area contributed by atoms with Crippen LogP contribution in [0.1, 0.15) is 5.56 Å². The van der Waals surface area contributed by atoms with Crippen LogP contribution in [0.5, 0.6) is 23.0 Å². The lowest BCUT2D eigenvalue weighted by Gasteiger charge is -2.13. The highest BCUT2D eigenvalue weighted by atomic mass is 19.1. The molecule has 4 aromatic rings. The standard InChI is InChI=1S/C24H21FN2O5/c1-28-19-10-15(11-20(13-19)29-2)14-31-21-9-6-17(12-22(21)30-3)23-26-24(32-27-23)16-4-7-18(25)8-5-16/h4-13H,14H2,1-3H3. The number of hydrogen-bond donors (Lipinski definition) is 0. The van der Waals surface area contributed by atoms with Crippen LogP contribution in [0.25, 0.3) is 22.8 Å². The van der Waals surface area contributed by atoms with Crippen molar-refractivity contribution in [1.29, 1.82) is 0 Å². The van der Waals surface area contributed by atoms with E-state index in [2.05, 4.69) is 10.1 Å². The van der Waals surface area contributed by atoms with Gasteiger partial charge < -0.3 is 23.5 Å². The monoisotopic (exact) mass is 436 g/mol. The van der Waals surface area contributed by atoms with Crippen molar-refractivity contribution in [3.63, 3.8) is 0 Å². The van der Waals surface area contributed by atoms with Gasteiger partial charge in [-0.3, -0.25) is 0 Å². The minimum Gasteiger partial charge on any atom is -0.497 e. The van der Waals surface area contributed by atoms with Crippen LogP contribution in [0, 0.1) is 5.82 Å². The van der Waals surface area contributed by atoms with E-state index in [1.165, 1.54) is 12.1 Å². The summed E-state index contributed by atoms with van der Waals surface area (Å²) in [5, 5.41) is 4.02. The Morgan fingerprint density at radius 1 is 0.781 bits per heavy atom. The maximum Gasteiger partial charge on any atom is 0.258 e. The van der Waals surface area contributed by atoms with Crippen LogP contribution in [0.15, 0.2) is 65.2 Å². The average molecular weight is 436 g/mol. The Balaban J connectivity index is 1.53. The number of nitrogens with zero attached hydrogens (tertiary/aromatic N) is 2. The van der Waals surface area contributed by atoms with E-state index >= 15 is 0 Å². The Bertz CT molecular complexity index is 1190. The van der Waals surface area contributed by atoms with Gasteiger partial charge in [0.1, 0.15) is 23.9 Å². The molecule has 0 aliphatic rings. The van der Waals surface area contributed by atoms with E-state index < -0.39 is 0 Å². The maximum absolute atomic E-state index is 13.1. The van der Waals surface area contributed by atoms with Crippen molar-refractivity contribution in [2.75, 3.05) is 21.3 Å². The molecule has 4 rings (SSSR count). The minimum atomic E-state index is -0.332. The zero-order valence-electron chi connectivity index (χ0n) is 17.8. The van der Waals surface area contributed by atoms with Crippen LogP contribution in [0.3, 0.4) is 0 Å². The highest BCUT2D eigenvalue weighted by Gasteiger charge is 2.14. The summed E-state index contributed by atoms with van der Waals surface area (Å²) in [5.41, 5.74) is 2.20. The molecule has 0 saturated heterocycles. The molecule has 0 atom stereocenters. The van der Waals surface area contributed by atoms with Gasteiger partial charge >= 0.3 is 0 Å². The fourth-order valence-corrected chi connectivity index (χ4v) is 3.09. The van der Waals surface area contributed by atoms with E-state index in [1.54, 1.807) is 51.7 Å². The van der Waals surface area contributed by atoms with Gasteiger partial charge in [0.05, 0.1) is 21.3 Å². The van der Waals surface area contributed by atoms with Gasteiger partial charge in [-0.25, -0.2) is 4.39 Å². The number of benzene rings is 3. The van der Waals surface area contributed by atoms with E-state index in [4.69, 9.17) is 23.5 Å². The lowest BCUT2D eigenvalue weighted by molar-refractivity contribution is 0.283. The molecule has 0 fully saturated rings. The number of aromatic nitrogens is 2. The molecule has 3 aromatic carbocycles. The van der Waals surface area contributed by atoms with E-state index in [1.807, 2.05) is 18.2 Å². The fourth-order valence-electron chi connectivity index (χ4n) is 3.09. The number of halogens is 1. The van der Waals surface area contributed by atoms with Gasteiger partial charge in [0.25, 0.3) is 5.89 Å². The summed E-state index contributed by atoms with van der Waals surface area (Å²) >= 11 is 0. The van der Waals surface area contributed by atoms with Crippen molar-refractivity contribution in [3.05, 3.63) is 72.0 Å². The Hall–Kier alpha value is -4.07. The predicted molar refractivity (Wildman–Crippen MR) is 116 cm³/mol. The first kappa shape index (κ1) is 21.2. The predicted octanol–water partition coefficient (Wildman–Crippen LogP) is 5.15. The molecule has 0 radical (unpaired) electrons. The van der Waals surface area contributed by atoms with E-state index in [0.29, 0.717) is 52.4 Å². The first-order chi connectivity index (χ1) is 15.6. The van der Waals surface area contributed by atoms with Gasteiger partial charge in [0.2, 0.25) is 5.82 Å². The van der Waals surface area contributed by atoms with E-state index in [9.17, 15) is 4.39 Å². The van der Waals surface area contributed by atoms with Gasteiger partial charge in [-0.15, -0.1) is 0 Å². The first-order valence-electron chi connectivity index (χ1n) is 9.72. The van der Waals surface area contributed by atoms with Crippen LogP contribution >= 0.6 is 0 Å². The molecule has 0 unspecified atom stereocenters. The van der Waals surface area contributed by atoms with Gasteiger partial charge in [-0.05, 0) is 60.2 Å². The molecule has 0 spiro atoms. The molecular weight excluding hydrogens is 415 g/mol. The largest absolute Gasteiger partial charge is 0.497 e. The van der Waals surface area contributed by atoms with Crippen LogP contribution in [-0.4, -0.2) is 31.5 Å². The Morgan fingerprint density at radius 3 is 2.12 bits per heavy atom. The lowest BCUT2D eigenvalue weighted by Crippen LogP contribution is -1.99. The summed E-state index contributed by atoms with van der Waals surface area (Å²) in [6.45, 7) is 0.292.